The molecule has 0 spiro atoms. The molecule has 1 aromatic rings. The molecule has 106 valence electrons. The lowest BCUT2D eigenvalue weighted by atomic mass is 10.1. The molecule has 0 saturated heterocycles. The van der Waals surface area contributed by atoms with Gasteiger partial charge in [0.2, 0.25) is 0 Å². The Balaban J connectivity index is 2.64. The SMILES string of the molecule is CCS(=O)(=O)CCNC(=O)c1ccc(NC)cc1C. The van der Waals surface area contributed by atoms with E-state index < -0.39 is 9.84 Å². The second-order valence-electron chi connectivity index (χ2n) is 4.27. The smallest absolute Gasteiger partial charge is 0.251 e. The summed E-state index contributed by atoms with van der Waals surface area (Å²) < 4.78 is 22.6. The number of hydrogen-bond donors (Lipinski definition) is 2. The summed E-state index contributed by atoms with van der Waals surface area (Å²) in [5.74, 6) is -0.173. The van der Waals surface area contributed by atoms with Gasteiger partial charge in [0.1, 0.15) is 0 Å². The van der Waals surface area contributed by atoms with Crippen LogP contribution in [0.2, 0.25) is 0 Å². The van der Waals surface area contributed by atoms with Crippen LogP contribution in [0, 0.1) is 6.92 Å². The van der Waals surface area contributed by atoms with E-state index in [2.05, 4.69) is 10.6 Å². The van der Waals surface area contributed by atoms with E-state index >= 15 is 0 Å². The molecule has 1 rings (SSSR count). The molecule has 1 aromatic carbocycles. The Morgan fingerprint density at radius 3 is 2.53 bits per heavy atom. The minimum atomic E-state index is -3.04. The highest BCUT2D eigenvalue weighted by molar-refractivity contribution is 7.91. The van der Waals surface area contributed by atoms with Crippen molar-refractivity contribution in [1.29, 1.82) is 0 Å². The van der Waals surface area contributed by atoms with E-state index in [9.17, 15) is 13.2 Å². The third-order valence-corrected chi connectivity index (χ3v) is 4.60. The van der Waals surface area contributed by atoms with Gasteiger partial charge in [-0.1, -0.05) is 6.92 Å². The van der Waals surface area contributed by atoms with E-state index in [0.717, 1.165) is 11.3 Å². The summed E-state index contributed by atoms with van der Waals surface area (Å²) in [6.07, 6.45) is 0. The molecule has 0 aliphatic rings. The van der Waals surface area contributed by atoms with E-state index in [1.165, 1.54) is 0 Å². The van der Waals surface area contributed by atoms with Crippen molar-refractivity contribution in [3.8, 4) is 0 Å². The fourth-order valence-electron chi connectivity index (χ4n) is 1.63. The Labute approximate surface area is 114 Å². The monoisotopic (exact) mass is 284 g/mol. The van der Waals surface area contributed by atoms with Gasteiger partial charge in [-0.25, -0.2) is 8.42 Å². The van der Waals surface area contributed by atoms with Crippen LogP contribution in [0.3, 0.4) is 0 Å². The maximum atomic E-state index is 11.9. The summed E-state index contributed by atoms with van der Waals surface area (Å²) in [7, 11) is -1.23. The molecule has 0 radical (unpaired) electrons. The van der Waals surface area contributed by atoms with Gasteiger partial charge in [0.15, 0.2) is 9.84 Å². The molecule has 0 heterocycles. The number of sulfone groups is 1. The largest absolute Gasteiger partial charge is 0.388 e. The third kappa shape index (κ3) is 4.55. The Kier molecular flexibility index (Phi) is 5.35. The van der Waals surface area contributed by atoms with Gasteiger partial charge < -0.3 is 10.6 Å². The highest BCUT2D eigenvalue weighted by Gasteiger charge is 2.11. The second-order valence-corrected chi connectivity index (χ2v) is 6.74. The summed E-state index contributed by atoms with van der Waals surface area (Å²) in [5.41, 5.74) is 2.35. The van der Waals surface area contributed by atoms with E-state index in [-0.39, 0.29) is 24.0 Å². The minimum absolute atomic E-state index is 0.0249. The first kappa shape index (κ1) is 15.5. The molecule has 6 heteroatoms. The predicted molar refractivity (Wildman–Crippen MR) is 77.4 cm³/mol. The average Bonchev–Trinajstić information content (AvgIpc) is 2.38. The van der Waals surface area contributed by atoms with Gasteiger partial charge in [-0.2, -0.15) is 0 Å². The molecule has 0 aliphatic carbocycles. The zero-order valence-corrected chi connectivity index (χ0v) is 12.3. The fourth-order valence-corrected chi connectivity index (χ4v) is 2.34. The number of carbonyl (C=O) groups is 1. The first-order chi connectivity index (χ1) is 8.89. The highest BCUT2D eigenvalue weighted by atomic mass is 32.2. The van der Waals surface area contributed by atoms with Gasteiger partial charge in [-0.3, -0.25) is 4.79 Å². The number of anilines is 1. The Morgan fingerprint density at radius 2 is 2.00 bits per heavy atom. The van der Waals surface area contributed by atoms with Gasteiger partial charge in [-0.05, 0) is 30.7 Å². The van der Waals surface area contributed by atoms with E-state index in [0.29, 0.717) is 5.56 Å². The molecular formula is C13H20N2O3S. The normalized spacial score (nSPS) is 11.1. The maximum absolute atomic E-state index is 11.9. The van der Waals surface area contributed by atoms with Crippen molar-refractivity contribution in [1.82, 2.24) is 5.32 Å². The average molecular weight is 284 g/mol. The molecule has 5 nitrogen and oxygen atoms in total. The topological polar surface area (TPSA) is 75.3 Å². The zero-order chi connectivity index (χ0) is 14.5. The van der Waals surface area contributed by atoms with Gasteiger partial charge in [0, 0.05) is 30.6 Å². The molecule has 0 saturated carbocycles. The van der Waals surface area contributed by atoms with Crippen molar-refractivity contribution < 1.29 is 13.2 Å². The van der Waals surface area contributed by atoms with Gasteiger partial charge in [-0.15, -0.1) is 0 Å². The number of rotatable bonds is 6. The van der Waals surface area contributed by atoms with Gasteiger partial charge >= 0.3 is 0 Å². The van der Waals surface area contributed by atoms with Crippen LogP contribution in [0.5, 0.6) is 0 Å². The van der Waals surface area contributed by atoms with Crippen LogP contribution in [0.4, 0.5) is 5.69 Å². The highest BCUT2D eigenvalue weighted by Crippen LogP contribution is 2.14. The standard InChI is InChI=1S/C13H20N2O3S/c1-4-19(17,18)8-7-15-13(16)12-6-5-11(14-3)9-10(12)2/h5-6,9,14H,4,7-8H2,1-3H3,(H,15,16). The molecule has 0 aliphatic heterocycles. The summed E-state index contributed by atoms with van der Waals surface area (Å²) in [5, 5.41) is 5.62. The summed E-state index contributed by atoms with van der Waals surface area (Å²) in [6.45, 7) is 3.58. The van der Waals surface area contributed by atoms with Crippen LogP contribution >= 0.6 is 0 Å². The number of hydrogen-bond acceptors (Lipinski definition) is 4. The number of carbonyl (C=O) groups excluding carboxylic acids is 1. The van der Waals surface area contributed by atoms with Crippen LogP contribution in [-0.4, -0.2) is 39.4 Å². The summed E-state index contributed by atoms with van der Waals surface area (Å²) in [6, 6.07) is 5.41. The fraction of sp³-hybridized carbons (Fsp3) is 0.462. The van der Waals surface area contributed by atoms with E-state index in [1.54, 1.807) is 13.0 Å². The molecule has 0 unspecified atom stereocenters. The van der Waals surface area contributed by atoms with Crippen molar-refractivity contribution in [2.24, 2.45) is 0 Å². The molecule has 0 bridgehead atoms. The van der Waals surface area contributed by atoms with Crippen molar-refractivity contribution in [2.75, 3.05) is 30.4 Å². The van der Waals surface area contributed by atoms with Crippen LogP contribution in [0.1, 0.15) is 22.8 Å². The zero-order valence-electron chi connectivity index (χ0n) is 11.5. The maximum Gasteiger partial charge on any atom is 0.251 e. The lowest BCUT2D eigenvalue weighted by Crippen LogP contribution is -2.30. The molecule has 1 amide bonds. The van der Waals surface area contributed by atoms with E-state index in [1.807, 2.05) is 26.1 Å². The van der Waals surface area contributed by atoms with Crippen molar-refractivity contribution >= 4 is 21.4 Å². The van der Waals surface area contributed by atoms with E-state index in [4.69, 9.17) is 0 Å². The lowest BCUT2D eigenvalue weighted by Gasteiger charge is -2.09. The number of aryl methyl sites for hydroxylation is 1. The molecule has 0 atom stereocenters. The molecule has 19 heavy (non-hydrogen) atoms. The molecule has 2 N–H and O–H groups in total. The van der Waals surface area contributed by atoms with Crippen molar-refractivity contribution in [3.05, 3.63) is 29.3 Å². The second kappa shape index (κ2) is 6.56. The molecule has 0 fully saturated rings. The Morgan fingerprint density at radius 1 is 1.32 bits per heavy atom. The van der Waals surface area contributed by atoms with Crippen LogP contribution < -0.4 is 10.6 Å². The predicted octanol–water partition coefficient (Wildman–Crippen LogP) is 1.20. The van der Waals surface area contributed by atoms with Crippen molar-refractivity contribution in [2.45, 2.75) is 13.8 Å². The number of nitrogens with one attached hydrogen (secondary N) is 2. The summed E-state index contributed by atoms with van der Waals surface area (Å²) in [4.78, 5) is 11.9. The Bertz CT molecular complexity index is 553. The van der Waals surface area contributed by atoms with Crippen LogP contribution in [0.15, 0.2) is 18.2 Å². The van der Waals surface area contributed by atoms with Crippen LogP contribution in [0.25, 0.3) is 0 Å². The minimum Gasteiger partial charge on any atom is -0.388 e. The van der Waals surface area contributed by atoms with Crippen molar-refractivity contribution in [3.63, 3.8) is 0 Å². The lowest BCUT2D eigenvalue weighted by molar-refractivity contribution is 0.0955. The first-order valence-corrected chi connectivity index (χ1v) is 7.98. The summed E-state index contributed by atoms with van der Waals surface area (Å²) >= 11 is 0. The quantitative estimate of drug-likeness (QED) is 0.823. The number of benzene rings is 1. The Hall–Kier alpha value is -1.56. The molecular weight excluding hydrogens is 264 g/mol. The van der Waals surface area contributed by atoms with Gasteiger partial charge in [0.25, 0.3) is 5.91 Å². The number of amides is 1. The third-order valence-electron chi connectivity index (χ3n) is 2.90. The first-order valence-electron chi connectivity index (χ1n) is 6.16. The van der Waals surface area contributed by atoms with Gasteiger partial charge in [0.05, 0.1) is 5.75 Å². The van der Waals surface area contributed by atoms with Crippen LogP contribution in [-0.2, 0) is 9.84 Å². The molecule has 0 aromatic heterocycles.